The zero-order valence-corrected chi connectivity index (χ0v) is 11.9. The summed E-state index contributed by atoms with van der Waals surface area (Å²) in [6.45, 7) is 7.44. The second-order valence-corrected chi connectivity index (χ2v) is 3.66. The topological polar surface area (TPSA) is 81.5 Å². The Morgan fingerprint density at radius 2 is 1.95 bits per heavy atom. The maximum Gasteiger partial charge on any atom is 0.325 e. The highest BCUT2D eigenvalue weighted by atomic mass is 16.6. The van der Waals surface area contributed by atoms with Gasteiger partial charge in [-0.25, -0.2) is 0 Å². The van der Waals surface area contributed by atoms with Crippen LogP contribution in [0.25, 0.3) is 0 Å². The third-order valence-corrected chi connectivity index (χ3v) is 2.29. The monoisotopic (exact) mass is 268 g/mol. The average Bonchev–Trinajstić information content (AvgIpc) is 2.38. The summed E-state index contributed by atoms with van der Waals surface area (Å²) in [6, 6.07) is 3.28. The number of methoxy groups -OCH3 is 1. The van der Waals surface area contributed by atoms with E-state index in [1.807, 2.05) is 19.9 Å². The number of carbonyl (C=O) groups excluding carboxylic acids is 1. The second kappa shape index (κ2) is 8.07. The highest BCUT2D eigenvalue weighted by Gasteiger charge is 2.17. The van der Waals surface area contributed by atoms with Gasteiger partial charge in [0, 0.05) is 6.07 Å². The average molecular weight is 268 g/mol. The minimum atomic E-state index is -0.473. The lowest BCUT2D eigenvalue weighted by molar-refractivity contribution is -0.384. The summed E-state index contributed by atoms with van der Waals surface area (Å²) in [4.78, 5) is 21.4. The van der Waals surface area contributed by atoms with Crippen LogP contribution in [0.15, 0.2) is 12.1 Å². The molecule has 6 heteroatoms. The molecule has 106 valence electrons. The zero-order chi connectivity index (χ0) is 15.0. The minimum absolute atomic E-state index is 0.0357. The molecule has 6 nitrogen and oxygen atoms in total. The summed E-state index contributed by atoms with van der Waals surface area (Å²) in [5.41, 5.74) is 1.84. The first-order valence-corrected chi connectivity index (χ1v) is 6.02. The van der Waals surface area contributed by atoms with Crippen molar-refractivity contribution in [2.45, 2.75) is 27.7 Å². The van der Waals surface area contributed by atoms with Gasteiger partial charge in [0.1, 0.15) is 12.2 Å². The van der Waals surface area contributed by atoms with E-state index in [4.69, 9.17) is 0 Å². The van der Waals surface area contributed by atoms with Crippen LogP contribution >= 0.6 is 0 Å². The van der Waals surface area contributed by atoms with Crippen LogP contribution in [0, 0.1) is 24.0 Å². The number of anilines is 1. The van der Waals surface area contributed by atoms with Crippen molar-refractivity contribution in [3.05, 3.63) is 33.4 Å². The highest BCUT2D eigenvalue weighted by molar-refractivity contribution is 5.77. The van der Waals surface area contributed by atoms with Crippen LogP contribution in [-0.2, 0) is 9.53 Å². The van der Waals surface area contributed by atoms with Crippen molar-refractivity contribution in [1.82, 2.24) is 0 Å². The smallest absolute Gasteiger partial charge is 0.325 e. The third kappa shape index (κ3) is 4.95. The lowest BCUT2D eigenvalue weighted by Crippen LogP contribution is -2.16. The van der Waals surface area contributed by atoms with Crippen molar-refractivity contribution >= 4 is 17.3 Å². The largest absolute Gasteiger partial charge is 0.468 e. The molecule has 0 aliphatic rings. The summed E-state index contributed by atoms with van der Waals surface area (Å²) in [7, 11) is 1.26. The third-order valence-electron chi connectivity index (χ3n) is 2.29. The van der Waals surface area contributed by atoms with Crippen LogP contribution in [0.1, 0.15) is 25.0 Å². The van der Waals surface area contributed by atoms with E-state index in [2.05, 4.69) is 10.1 Å². The standard InChI is InChI=1S/C11H14N2O4.C2H6/c1-7-4-8(2)11(9(5-7)13(15)16)12-6-10(14)17-3;1-2/h4-5,12H,6H2,1-3H3;1-2H3. The van der Waals surface area contributed by atoms with Gasteiger partial charge in [-0.1, -0.05) is 19.9 Å². The van der Waals surface area contributed by atoms with Crippen LogP contribution in [0.4, 0.5) is 11.4 Å². The molecule has 0 radical (unpaired) electrons. The summed E-state index contributed by atoms with van der Waals surface area (Å²) < 4.78 is 4.46. The first kappa shape index (κ1) is 16.9. The van der Waals surface area contributed by atoms with E-state index in [0.29, 0.717) is 5.69 Å². The molecule has 0 aliphatic heterocycles. The highest BCUT2D eigenvalue weighted by Crippen LogP contribution is 2.29. The molecule has 0 atom stereocenters. The van der Waals surface area contributed by atoms with Gasteiger partial charge >= 0.3 is 5.97 Å². The van der Waals surface area contributed by atoms with E-state index < -0.39 is 10.9 Å². The Kier molecular flexibility index (Phi) is 7.18. The Balaban J connectivity index is 0.00000154. The number of nitro benzene ring substituents is 1. The molecule has 0 unspecified atom stereocenters. The van der Waals surface area contributed by atoms with Gasteiger partial charge in [-0.15, -0.1) is 0 Å². The molecule has 1 rings (SSSR count). The molecule has 1 N–H and O–H groups in total. The van der Waals surface area contributed by atoms with Crippen molar-refractivity contribution in [2.24, 2.45) is 0 Å². The Morgan fingerprint density at radius 3 is 2.42 bits per heavy atom. The number of hydrogen-bond acceptors (Lipinski definition) is 5. The number of ether oxygens (including phenoxy) is 1. The van der Waals surface area contributed by atoms with Gasteiger partial charge in [0.25, 0.3) is 5.69 Å². The second-order valence-electron chi connectivity index (χ2n) is 3.66. The van der Waals surface area contributed by atoms with Crippen LogP contribution < -0.4 is 5.32 Å². The van der Waals surface area contributed by atoms with Crippen molar-refractivity contribution in [1.29, 1.82) is 0 Å². The molecule has 0 heterocycles. The molecular formula is C13H20N2O4. The van der Waals surface area contributed by atoms with Gasteiger partial charge in [-0.3, -0.25) is 14.9 Å². The van der Waals surface area contributed by atoms with Crippen molar-refractivity contribution in [3.8, 4) is 0 Å². The molecule has 0 saturated heterocycles. The quantitative estimate of drug-likeness (QED) is 0.516. The molecule has 0 saturated carbocycles. The summed E-state index contributed by atoms with van der Waals surface area (Å²) in [5, 5.41) is 13.6. The minimum Gasteiger partial charge on any atom is -0.468 e. The van der Waals surface area contributed by atoms with Crippen molar-refractivity contribution in [3.63, 3.8) is 0 Å². The molecule has 1 aromatic rings. The van der Waals surface area contributed by atoms with Gasteiger partial charge in [0.05, 0.1) is 12.0 Å². The summed E-state index contributed by atoms with van der Waals surface area (Å²) in [5.74, 6) is -0.473. The molecule has 19 heavy (non-hydrogen) atoms. The number of aryl methyl sites for hydroxylation is 2. The van der Waals surface area contributed by atoms with Crippen LogP contribution in [0.2, 0.25) is 0 Å². The van der Waals surface area contributed by atoms with Gasteiger partial charge in [-0.05, 0) is 25.0 Å². The fraction of sp³-hybridized carbons (Fsp3) is 0.462. The molecular weight excluding hydrogens is 248 g/mol. The Morgan fingerprint density at radius 1 is 1.37 bits per heavy atom. The van der Waals surface area contributed by atoms with Crippen LogP contribution in [0.3, 0.4) is 0 Å². The van der Waals surface area contributed by atoms with E-state index >= 15 is 0 Å². The predicted molar refractivity (Wildman–Crippen MR) is 74.4 cm³/mol. The SMILES string of the molecule is CC.COC(=O)CNc1c(C)cc(C)cc1[N+](=O)[O-]. The van der Waals surface area contributed by atoms with Crippen molar-refractivity contribution < 1.29 is 14.5 Å². The van der Waals surface area contributed by atoms with E-state index in [9.17, 15) is 14.9 Å². The number of hydrogen-bond donors (Lipinski definition) is 1. The van der Waals surface area contributed by atoms with E-state index in [0.717, 1.165) is 11.1 Å². The number of rotatable bonds is 4. The lowest BCUT2D eigenvalue weighted by atomic mass is 10.1. The van der Waals surface area contributed by atoms with E-state index in [-0.39, 0.29) is 12.2 Å². The van der Waals surface area contributed by atoms with Gasteiger partial charge < -0.3 is 10.1 Å². The molecule has 0 spiro atoms. The lowest BCUT2D eigenvalue weighted by Gasteiger charge is -2.09. The summed E-state index contributed by atoms with van der Waals surface area (Å²) >= 11 is 0. The van der Waals surface area contributed by atoms with Crippen LogP contribution in [0.5, 0.6) is 0 Å². The van der Waals surface area contributed by atoms with Gasteiger partial charge in [-0.2, -0.15) is 0 Å². The van der Waals surface area contributed by atoms with Crippen molar-refractivity contribution in [2.75, 3.05) is 19.0 Å². The normalized spacial score (nSPS) is 9.11. The predicted octanol–water partition coefficient (Wildman–Crippen LogP) is 2.82. The fourth-order valence-corrected chi connectivity index (χ4v) is 1.55. The number of nitro groups is 1. The van der Waals surface area contributed by atoms with E-state index in [1.165, 1.54) is 13.2 Å². The maximum atomic E-state index is 11.0. The van der Waals surface area contributed by atoms with Gasteiger partial charge in [0.2, 0.25) is 0 Å². The molecule has 0 aromatic heterocycles. The number of carbonyl (C=O) groups is 1. The van der Waals surface area contributed by atoms with E-state index in [1.54, 1.807) is 13.8 Å². The Hall–Kier alpha value is -2.11. The Bertz CT molecular complexity index is 458. The first-order chi connectivity index (χ1) is 8.95. The number of nitrogens with one attached hydrogen (secondary N) is 1. The zero-order valence-electron chi connectivity index (χ0n) is 11.9. The molecule has 0 bridgehead atoms. The number of benzene rings is 1. The first-order valence-electron chi connectivity index (χ1n) is 6.02. The number of esters is 1. The maximum absolute atomic E-state index is 11.0. The fourth-order valence-electron chi connectivity index (χ4n) is 1.55. The molecule has 0 aliphatic carbocycles. The molecule has 0 amide bonds. The molecule has 1 aromatic carbocycles. The van der Waals surface area contributed by atoms with Crippen LogP contribution in [-0.4, -0.2) is 24.5 Å². The Labute approximate surface area is 112 Å². The summed E-state index contributed by atoms with van der Waals surface area (Å²) in [6.07, 6.45) is 0. The number of nitrogens with zero attached hydrogens (tertiary/aromatic N) is 1. The molecule has 0 fully saturated rings. The van der Waals surface area contributed by atoms with Gasteiger partial charge in [0.15, 0.2) is 0 Å².